The third kappa shape index (κ3) is 2.55. The van der Waals surface area contributed by atoms with Crippen molar-refractivity contribution in [1.82, 2.24) is 0 Å². The molecule has 1 N–H and O–H groups in total. The monoisotopic (exact) mass is 234 g/mol. The zero-order valence-corrected chi connectivity index (χ0v) is 9.89. The molecule has 1 heterocycles. The lowest BCUT2D eigenvalue weighted by atomic mass is 10.0. The molecule has 1 aliphatic carbocycles. The van der Waals surface area contributed by atoms with Gasteiger partial charge in [-0.1, -0.05) is 18.9 Å². The molecule has 3 nitrogen and oxygen atoms in total. The van der Waals surface area contributed by atoms with Gasteiger partial charge in [0.2, 0.25) is 0 Å². The molecule has 1 unspecified atom stereocenters. The third-order valence-corrected chi connectivity index (χ3v) is 3.41. The first-order valence-corrected chi connectivity index (χ1v) is 6.40. The van der Waals surface area contributed by atoms with Crippen LogP contribution >= 0.6 is 0 Å². The minimum atomic E-state index is -0.361. The molecular weight excluding hydrogens is 216 g/mol. The van der Waals surface area contributed by atoms with E-state index in [4.69, 9.17) is 9.47 Å². The summed E-state index contributed by atoms with van der Waals surface area (Å²) in [4.78, 5) is 0. The van der Waals surface area contributed by atoms with Crippen LogP contribution < -0.4 is 9.47 Å². The van der Waals surface area contributed by atoms with E-state index in [1.807, 2.05) is 18.2 Å². The van der Waals surface area contributed by atoms with Gasteiger partial charge in [0.05, 0.1) is 19.3 Å². The lowest BCUT2D eigenvalue weighted by Crippen LogP contribution is -2.00. The summed E-state index contributed by atoms with van der Waals surface area (Å²) < 4.78 is 11.2. The molecule has 2 aliphatic rings. The molecule has 0 aromatic heterocycles. The van der Waals surface area contributed by atoms with Crippen LogP contribution in [0, 0.1) is 5.92 Å². The first kappa shape index (κ1) is 10.9. The smallest absolute Gasteiger partial charge is 0.161 e. The highest BCUT2D eigenvalue weighted by molar-refractivity contribution is 5.44. The van der Waals surface area contributed by atoms with E-state index in [1.165, 1.54) is 12.8 Å². The standard InChI is InChI=1S/C14H18O3/c15-12(8-10-2-3-10)11-4-5-13-14(9-11)17-7-1-6-16-13/h4-5,9-10,12,15H,1-3,6-8H2. The number of aliphatic hydroxyl groups is 1. The average Bonchev–Trinajstić information content (AvgIpc) is 3.14. The largest absolute Gasteiger partial charge is 0.490 e. The maximum absolute atomic E-state index is 10.1. The summed E-state index contributed by atoms with van der Waals surface area (Å²) in [5.41, 5.74) is 0.946. The second-order valence-corrected chi connectivity index (χ2v) is 4.95. The molecule has 1 aliphatic heterocycles. The van der Waals surface area contributed by atoms with Crippen LogP contribution in [-0.4, -0.2) is 18.3 Å². The normalized spacial score (nSPS) is 20.8. The molecule has 0 spiro atoms. The lowest BCUT2D eigenvalue weighted by molar-refractivity contribution is 0.160. The van der Waals surface area contributed by atoms with Gasteiger partial charge in [0.15, 0.2) is 11.5 Å². The fourth-order valence-electron chi connectivity index (χ4n) is 2.19. The number of hydrogen-bond acceptors (Lipinski definition) is 3. The van der Waals surface area contributed by atoms with Gasteiger partial charge in [-0.05, 0) is 30.0 Å². The highest BCUT2D eigenvalue weighted by Crippen LogP contribution is 2.39. The van der Waals surface area contributed by atoms with Crippen LogP contribution in [0.1, 0.15) is 37.4 Å². The topological polar surface area (TPSA) is 38.7 Å². The Morgan fingerprint density at radius 3 is 2.71 bits per heavy atom. The molecule has 17 heavy (non-hydrogen) atoms. The number of fused-ring (bicyclic) bond motifs is 1. The van der Waals surface area contributed by atoms with Gasteiger partial charge >= 0.3 is 0 Å². The summed E-state index contributed by atoms with van der Waals surface area (Å²) in [6.07, 6.45) is 3.96. The highest BCUT2D eigenvalue weighted by atomic mass is 16.5. The van der Waals surface area contributed by atoms with E-state index < -0.39 is 0 Å². The second kappa shape index (κ2) is 4.57. The molecule has 1 aromatic carbocycles. The van der Waals surface area contributed by atoms with E-state index in [1.54, 1.807) is 0 Å². The SMILES string of the molecule is OC(CC1CC1)c1ccc2c(c1)OCCCO2. The molecule has 0 amide bonds. The zero-order valence-electron chi connectivity index (χ0n) is 9.89. The van der Waals surface area contributed by atoms with Crippen molar-refractivity contribution in [3.63, 3.8) is 0 Å². The van der Waals surface area contributed by atoms with Crippen LogP contribution in [0.3, 0.4) is 0 Å². The predicted molar refractivity (Wildman–Crippen MR) is 64.3 cm³/mol. The highest BCUT2D eigenvalue weighted by Gasteiger charge is 2.25. The van der Waals surface area contributed by atoms with Crippen molar-refractivity contribution >= 4 is 0 Å². The van der Waals surface area contributed by atoms with Crippen LogP contribution in [0.15, 0.2) is 18.2 Å². The van der Waals surface area contributed by atoms with Gasteiger partial charge in [-0.15, -0.1) is 0 Å². The van der Waals surface area contributed by atoms with Gasteiger partial charge in [0.25, 0.3) is 0 Å². The molecule has 3 rings (SSSR count). The summed E-state index contributed by atoms with van der Waals surface area (Å²) in [6, 6.07) is 5.78. The summed E-state index contributed by atoms with van der Waals surface area (Å²) >= 11 is 0. The van der Waals surface area contributed by atoms with E-state index in [2.05, 4.69) is 0 Å². The Balaban J connectivity index is 1.78. The second-order valence-electron chi connectivity index (χ2n) is 4.95. The van der Waals surface area contributed by atoms with Crippen LogP contribution in [0.2, 0.25) is 0 Å². The first-order chi connectivity index (χ1) is 8.33. The Kier molecular flexibility index (Phi) is 2.93. The molecule has 1 aromatic rings. The fourth-order valence-corrected chi connectivity index (χ4v) is 2.19. The molecular formula is C14H18O3. The summed E-state index contributed by atoms with van der Waals surface area (Å²) in [6.45, 7) is 1.39. The van der Waals surface area contributed by atoms with Crippen molar-refractivity contribution in [3.8, 4) is 11.5 Å². The van der Waals surface area contributed by atoms with Gasteiger partial charge < -0.3 is 14.6 Å². The number of ether oxygens (including phenoxy) is 2. The fraction of sp³-hybridized carbons (Fsp3) is 0.571. The van der Waals surface area contributed by atoms with Crippen molar-refractivity contribution in [2.24, 2.45) is 5.92 Å². The summed E-state index contributed by atoms with van der Waals surface area (Å²) in [7, 11) is 0. The van der Waals surface area contributed by atoms with E-state index in [9.17, 15) is 5.11 Å². The third-order valence-electron chi connectivity index (χ3n) is 3.41. The van der Waals surface area contributed by atoms with Gasteiger partial charge in [-0.25, -0.2) is 0 Å². The van der Waals surface area contributed by atoms with Crippen LogP contribution in [0.5, 0.6) is 11.5 Å². The zero-order chi connectivity index (χ0) is 11.7. The average molecular weight is 234 g/mol. The molecule has 0 radical (unpaired) electrons. The Morgan fingerprint density at radius 2 is 1.94 bits per heavy atom. The van der Waals surface area contributed by atoms with E-state index >= 15 is 0 Å². The van der Waals surface area contributed by atoms with E-state index in [0.717, 1.165) is 35.8 Å². The Morgan fingerprint density at radius 1 is 1.18 bits per heavy atom. The number of benzene rings is 1. The molecule has 0 bridgehead atoms. The minimum Gasteiger partial charge on any atom is -0.490 e. The predicted octanol–water partition coefficient (Wildman–Crippen LogP) is 2.68. The van der Waals surface area contributed by atoms with E-state index in [0.29, 0.717) is 13.2 Å². The molecule has 3 heteroatoms. The molecule has 1 atom stereocenters. The maximum atomic E-state index is 10.1. The Labute approximate surface area is 101 Å². The minimum absolute atomic E-state index is 0.361. The van der Waals surface area contributed by atoms with Crippen LogP contribution in [0.25, 0.3) is 0 Å². The Hall–Kier alpha value is -1.22. The van der Waals surface area contributed by atoms with Crippen molar-refractivity contribution in [1.29, 1.82) is 0 Å². The Bertz CT molecular complexity index is 398. The van der Waals surface area contributed by atoms with Gasteiger partial charge in [0, 0.05) is 6.42 Å². The number of hydrogen-bond donors (Lipinski definition) is 1. The van der Waals surface area contributed by atoms with Crippen molar-refractivity contribution < 1.29 is 14.6 Å². The maximum Gasteiger partial charge on any atom is 0.161 e. The molecule has 1 fully saturated rings. The van der Waals surface area contributed by atoms with Gasteiger partial charge in [0.1, 0.15) is 0 Å². The van der Waals surface area contributed by atoms with Crippen LogP contribution in [-0.2, 0) is 0 Å². The summed E-state index contributed by atoms with van der Waals surface area (Å²) in [5, 5.41) is 10.1. The lowest BCUT2D eigenvalue weighted by Gasteiger charge is -2.13. The molecule has 92 valence electrons. The molecule has 0 saturated heterocycles. The summed E-state index contributed by atoms with van der Waals surface area (Å²) in [5.74, 6) is 2.29. The first-order valence-electron chi connectivity index (χ1n) is 6.40. The van der Waals surface area contributed by atoms with E-state index in [-0.39, 0.29) is 6.10 Å². The van der Waals surface area contributed by atoms with Crippen LogP contribution in [0.4, 0.5) is 0 Å². The molecule has 1 saturated carbocycles. The number of rotatable bonds is 3. The van der Waals surface area contributed by atoms with Gasteiger partial charge in [-0.2, -0.15) is 0 Å². The van der Waals surface area contributed by atoms with Gasteiger partial charge in [-0.3, -0.25) is 0 Å². The number of aliphatic hydroxyl groups excluding tert-OH is 1. The van der Waals surface area contributed by atoms with Crippen molar-refractivity contribution in [2.75, 3.05) is 13.2 Å². The van der Waals surface area contributed by atoms with Crippen molar-refractivity contribution in [2.45, 2.75) is 31.8 Å². The quantitative estimate of drug-likeness (QED) is 0.873. The van der Waals surface area contributed by atoms with Crippen molar-refractivity contribution in [3.05, 3.63) is 23.8 Å².